The third-order valence-electron chi connectivity index (χ3n) is 3.24. The zero-order chi connectivity index (χ0) is 13.7. The van der Waals surface area contributed by atoms with Crippen molar-refractivity contribution in [2.75, 3.05) is 6.54 Å². The molecule has 0 spiro atoms. The van der Waals surface area contributed by atoms with Crippen molar-refractivity contribution in [2.24, 2.45) is 0 Å². The third-order valence-corrected chi connectivity index (χ3v) is 3.24. The van der Waals surface area contributed by atoms with Crippen molar-refractivity contribution >= 4 is 0 Å². The summed E-state index contributed by atoms with van der Waals surface area (Å²) in [5.74, 6) is 0.737. The second-order valence-corrected chi connectivity index (χ2v) is 4.77. The van der Waals surface area contributed by atoms with Gasteiger partial charge in [0.15, 0.2) is 0 Å². The molecule has 3 heteroatoms. The minimum absolute atomic E-state index is 0.167. The van der Waals surface area contributed by atoms with E-state index in [9.17, 15) is 4.39 Å². The molecule has 1 unspecified atom stereocenters. The first-order chi connectivity index (χ1) is 9.20. The molecule has 1 aromatic carbocycles. The fourth-order valence-corrected chi connectivity index (χ4v) is 2.27. The van der Waals surface area contributed by atoms with Crippen molar-refractivity contribution in [1.29, 1.82) is 0 Å². The highest BCUT2D eigenvalue weighted by Crippen LogP contribution is 2.23. The molecule has 0 bridgehead atoms. The lowest BCUT2D eigenvalue weighted by Crippen LogP contribution is -2.24. The second kappa shape index (κ2) is 6.53. The van der Waals surface area contributed by atoms with Crippen LogP contribution < -0.4 is 5.32 Å². The third kappa shape index (κ3) is 3.67. The number of hydrogen-bond acceptors (Lipinski definition) is 2. The maximum absolute atomic E-state index is 13.3. The van der Waals surface area contributed by atoms with Crippen molar-refractivity contribution in [3.63, 3.8) is 0 Å². The van der Waals surface area contributed by atoms with Crippen LogP contribution in [0.1, 0.15) is 36.3 Å². The molecular weight excluding hydrogens is 241 g/mol. The molecule has 0 aliphatic heterocycles. The number of rotatable bonds is 6. The first-order valence-corrected chi connectivity index (χ1v) is 6.72. The number of furan rings is 1. The summed E-state index contributed by atoms with van der Waals surface area (Å²) >= 11 is 0. The standard InChI is InChI=1S/C16H20FNO/c1-3-8-18-16(15-7-9-19-12(15)2)11-13-5-4-6-14(17)10-13/h4-7,9-10,16,18H,3,8,11H2,1-2H3. The molecule has 102 valence electrons. The summed E-state index contributed by atoms with van der Waals surface area (Å²) in [5.41, 5.74) is 2.15. The zero-order valence-corrected chi connectivity index (χ0v) is 11.4. The maximum Gasteiger partial charge on any atom is 0.123 e. The van der Waals surface area contributed by atoms with Crippen LogP contribution in [-0.4, -0.2) is 6.54 Å². The van der Waals surface area contributed by atoms with Crippen LogP contribution in [0.15, 0.2) is 41.0 Å². The highest BCUT2D eigenvalue weighted by Gasteiger charge is 2.15. The summed E-state index contributed by atoms with van der Waals surface area (Å²) in [7, 11) is 0. The largest absolute Gasteiger partial charge is 0.469 e. The molecule has 0 amide bonds. The summed E-state index contributed by atoms with van der Waals surface area (Å²) in [4.78, 5) is 0. The van der Waals surface area contributed by atoms with Gasteiger partial charge in [0.2, 0.25) is 0 Å². The number of benzene rings is 1. The van der Waals surface area contributed by atoms with E-state index in [2.05, 4.69) is 12.2 Å². The van der Waals surface area contributed by atoms with E-state index in [1.54, 1.807) is 18.4 Å². The number of halogens is 1. The van der Waals surface area contributed by atoms with Gasteiger partial charge in [-0.05, 0) is 50.1 Å². The summed E-state index contributed by atoms with van der Waals surface area (Å²) in [6.07, 6.45) is 3.53. The molecule has 1 aromatic heterocycles. The van der Waals surface area contributed by atoms with Crippen molar-refractivity contribution in [3.05, 3.63) is 59.3 Å². The van der Waals surface area contributed by atoms with Crippen LogP contribution >= 0.6 is 0 Å². The lowest BCUT2D eigenvalue weighted by molar-refractivity contribution is 0.493. The number of nitrogens with one attached hydrogen (secondary N) is 1. The monoisotopic (exact) mass is 261 g/mol. The molecule has 0 aliphatic carbocycles. The second-order valence-electron chi connectivity index (χ2n) is 4.77. The van der Waals surface area contributed by atoms with Gasteiger partial charge in [-0.3, -0.25) is 0 Å². The van der Waals surface area contributed by atoms with E-state index in [1.165, 1.54) is 6.07 Å². The molecule has 1 N–H and O–H groups in total. The van der Waals surface area contributed by atoms with Crippen LogP contribution in [0.3, 0.4) is 0 Å². The fraction of sp³-hybridized carbons (Fsp3) is 0.375. The van der Waals surface area contributed by atoms with E-state index in [4.69, 9.17) is 4.42 Å². The topological polar surface area (TPSA) is 25.2 Å². The molecular formula is C16H20FNO. The van der Waals surface area contributed by atoms with Crippen LogP contribution in [0.5, 0.6) is 0 Å². The predicted octanol–water partition coefficient (Wildman–Crippen LogP) is 4.01. The Hall–Kier alpha value is -1.61. The summed E-state index contributed by atoms with van der Waals surface area (Å²) in [6, 6.07) is 8.93. The van der Waals surface area contributed by atoms with Crippen molar-refractivity contribution < 1.29 is 8.81 Å². The first kappa shape index (κ1) is 13.8. The summed E-state index contributed by atoms with van der Waals surface area (Å²) in [5, 5.41) is 3.50. The quantitative estimate of drug-likeness (QED) is 0.850. The highest BCUT2D eigenvalue weighted by atomic mass is 19.1. The summed E-state index contributed by atoms with van der Waals surface area (Å²) < 4.78 is 18.6. The first-order valence-electron chi connectivity index (χ1n) is 6.72. The van der Waals surface area contributed by atoms with E-state index in [0.717, 1.165) is 36.3 Å². The molecule has 2 rings (SSSR count). The molecule has 2 nitrogen and oxygen atoms in total. The molecule has 0 radical (unpaired) electrons. The minimum Gasteiger partial charge on any atom is -0.469 e. The van der Waals surface area contributed by atoms with Gasteiger partial charge < -0.3 is 9.73 Å². The van der Waals surface area contributed by atoms with E-state index in [-0.39, 0.29) is 11.9 Å². The highest BCUT2D eigenvalue weighted by molar-refractivity contribution is 5.25. The van der Waals surface area contributed by atoms with Gasteiger partial charge in [-0.15, -0.1) is 0 Å². The SMILES string of the molecule is CCCNC(Cc1cccc(F)c1)c1ccoc1C. The normalized spacial score (nSPS) is 12.6. The van der Waals surface area contributed by atoms with Crippen LogP contribution in [0.25, 0.3) is 0 Å². The van der Waals surface area contributed by atoms with E-state index < -0.39 is 0 Å². The Morgan fingerprint density at radius 1 is 1.32 bits per heavy atom. The Morgan fingerprint density at radius 3 is 2.79 bits per heavy atom. The van der Waals surface area contributed by atoms with Crippen LogP contribution in [0.4, 0.5) is 4.39 Å². The molecule has 2 aromatic rings. The molecule has 0 saturated carbocycles. The molecule has 0 aliphatic rings. The van der Waals surface area contributed by atoms with E-state index in [0.29, 0.717) is 0 Å². The van der Waals surface area contributed by atoms with E-state index in [1.807, 2.05) is 19.1 Å². The van der Waals surface area contributed by atoms with Gasteiger partial charge >= 0.3 is 0 Å². The van der Waals surface area contributed by atoms with Gasteiger partial charge in [-0.25, -0.2) is 4.39 Å². The van der Waals surface area contributed by atoms with E-state index >= 15 is 0 Å². The minimum atomic E-state index is -0.185. The van der Waals surface area contributed by atoms with Crippen molar-refractivity contribution in [2.45, 2.75) is 32.7 Å². The zero-order valence-electron chi connectivity index (χ0n) is 11.4. The number of hydrogen-bond donors (Lipinski definition) is 1. The molecule has 19 heavy (non-hydrogen) atoms. The maximum atomic E-state index is 13.3. The van der Waals surface area contributed by atoms with Crippen LogP contribution in [-0.2, 0) is 6.42 Å². The molecule has 0 saturated heterocycles. The Balaban J connectivity index is 2.16. The number of aryl methyl sites for hydroxylation is 1. The average Bonchev–Trinajstić information content (AvgIpc) is 2.81. The van der Waals surface area contributed by atoms with Gasteiger partial charge in [-0.2, -0.15) is 0 Å². The lowest BCUT2D eigenvalue weighted by Gasteiger charge is -2.18. The van der Waals surface area contributed by atoms with Crippen LogP contribution in [0, 0.1) is 12.7 Å². The predicted molar refractivity (Wildman–Crippen MR) is 74.6 cm³/mol. The Morgan fingerprint density at radius 2 is 2.16 bits per heavy atom. The summed E-state index contributed by atoms with van der Waals surface area (Å²) in [6.45, 7) is 5.03. The molecule has 0 fully saturated rings. The molecule has 1 heterocycles. The van der Waals surface area contributed by atoms with Gasteiger partial charge in [0, 0.05) is 11.6 Å². The average molecular weight is 261 g/mol. The lowest BCUT2D eigenvalue weighted by atomic mass is 9.99. The fourth-order valence-electron chi connectivity index (χ4n) is 2.27. The Kier molecular flexibility index (Phi) is 4.74. The Bertz CT molecular complexity index is 521. The van der Waals surface area contributed by atoms with Crippen molar-refractivity contribution in [1.82, 2.24) is 5.32 Å². The van der Waals surface area contributed by atoms with Gasteiger partial charge in [0.05, 0.1) is 6.26 Å². The van der Waals surface area contributed by atoms with Gasteiger partial charge in [0.25, 0.3) is 0 Å². The van der Waals surface area contributed by atoms with Gasteiger partial charge in [-0.1, -0.05) is 19.1 Å². The Labute approximate surface area is 113 Å². The smallest absolute Gasteiger partial charge is 0.123 e. The molecule has 1 atom stereocenters. The van der Waals surface area contributed by atoms with Crippen molar-refractivity contribution in [3.8, 4) is 0 Å². The van der Waals surface area contributed by atoms with Gasteiger partial charge in [0.1, 0.15) is 11.6 Å². The van der Waals surface area contributed by atoms with Crippen LogP contribution in [0.2, 0.25) is 0 Å².